The lowest BCUT2D eigenvalue weighted by atomic mass is 10.2. The number of hydrogen-bond acceptors (Lipinski definition) is 7. The highest BCUT2D eigenvalue weighted by Gasteiger charge is 2.43. The van der Waals surface area contributed by atoms with Gasteiger partial charge in [-0.1, -0.05) is 30.2 Å². The second-order valence-corrected chi connectivity index (χ2v) is 6.68. The van der Waals surface area contributed by atoms with Crippen molar-refractivity contribution in [2.75, 3.05) is 5.01 Å². The fourth-order valence-electron chi connectivity index (χ4n) is 2.79. The zero-order valence-corrected chi connectivity index (χ0v) is 17.4. The molecule has 0 N–H and O–H groups in total. The van der Waals surface area contributed by atoms with Crippen LogP contribution < -0.4 is 5.01 Å². The zero-order valence-electron chi connectivity index (χ0n) is 17.4. The predicted octanol–water partition coefficient (Wildman–Crippen LogP) is 3.44. The molecule has 1 aromatic heterocycles. The minimum absolute atomic E-state index is 0.0772. The van der Waals surface area contributed by atoms with E-state index in [1.807, 2.05) is 48.5 Å². The lowest BCUT2D eigenvalue weighted by Crippen LogP contribution is -2.37. The molecule has 1 atom stereocenters. The third-order valence-electron chi connectivity index (χ3n) is 4.39. The number of nitrogens with zero attached hydrogens (tertiary/aromatic N) is 5. The molecule has 4 rings (SSSR count). The van der Waals surface area contributed by atoms with Crippen molar-refractivity contribution >= 4 is 23.0 Å². The summed E-state index contributed by atoms with van der Waals surface area (Å²) in [6, 6.07) is 19.1. The number of anilines is 1. The van der Waals surface area contributed by atoms with Gasteiger partial charge in [-0.25, -0.2) is 4.98 Å². The Kier molecular flexibility index (Phi) is 7.18. The van der Waals surface area contributed by atoms with E-state index in [0.29, 0.717) is 0 Å². The van der Waals surface area contributed by atoms with Crippen LogP contribution in [0, 0.1) is 32.1 Å². The highest BCUT2D eigenvalue weighted by atomic mass is 16.6. The summed E-state index contributed by atoms with van der Waals surface area (Å²) >= 11 is 0. The second kappa shape index (κ2) is 10.4. The van der Waals surface area contributed by atoms with Crippen LogP contribution in [-0.2, 0) is 4.79 Å². The molecule has 2 aromatic carbocycles. The van der Waals surface area contributed by atoms with Gasteiger partial charge >= 0.3 is 11.9 Å². The summed E-state index contributed by atoms with van der Waals surface area (Å²) in [6.45, 7) is 1.39. The van der Waals surface area contributed by atoms with Crippen molar-refractivity contribution in [3.05, 3.63) is 110 Å². The first kappa shape index (κ1) is 22.8. The maximum atomic E-state index is 11.8. The molecular weight excluding hydrogens is 426 g/mol. The molecule has 1 unspecified atom stereocenters. The molecule has 1 aliphatic heterocycles. The summed E-state index contributed by atoms with van der Waals surface area (Å²) in [4.78, 5) is 35.9. The third-order valence-corrected chi connectivity index (χ3v) is 4.39. The van der Waals surface area contributed by atoms with Gasteiger partial charge in [-0.05, 0) is 49.2 Å². The molecular formula is C23H17N5O5. The van der Waals surface area contributed by atoms with Gasteiger partial charge in [-0.2, -0.15) is 10.1 Å². The maximum absolute atomic E-state index is 11.8. The number of amides is 1. The molecule has 0 fully saturated rings. The van der Waals surface area contributed by atoms with E-state index in [-0.39, 0.29) is 17.1 Å². The highest BCUT2D eigenvalue weighted by Crippen LogP contribution is 2.24. The first-order valence-electron chi connectivity index (χ1n) is 9.62. The molecule has 33 heavy (non-hydrogen) atoms. The molecule has 10 nitrogen and oxygen atoms in total. The second-order valence-electron chi connectivity index (χ2n) is 6.68. The van der Waals surface area contributed by atoms with Crippen molar-refractivity contribution in [1.82, 2.24) is 4.98 Å². The van der Waals surface area contributed by atoms with Crippen molar-refractivity contribution in [2.45, 2.75) is 13.0 Å². The van der Waals surface area contributed by atoms with Crippen molar-refractivity contribution in [2.24, 2.45) is 5.10 Å². The first-order valence-corrected chi connectivity index (χ1v) is 9.62. The van der Waals surface area contributed by atoms with Crippen LogP contribution in [0.25, 0.3) is 0 Å². The number of non-ortho nitro benzene ring substituents is 1. The minimum Gasteiger partial charge on any atom is -0.264 e. The Bertz CT molecular complexity index is 1210. The van der Waals surface area contributed by atoms with Crippen molar-refractivity contribution < 1.29 is 14.6 Å². The molecule has 3 aromatic rings. The number of nitro benzene ring substituents is 1. The van der Waals surface area contributed by atoms with Crippen LogP contribution in [0.15, 0.2) is 84.1 Å². The number of hydrazone groups is 1. The van der Waals surface area contributed by atoms with Crippen LogP contribution in [0.4, 0.5) is 11.4 Å². The van der Waals surface area contributed by atoms with Crippen molar-refractivity contribution in [1.29, 1.82) is 0 Å². The summed E-state index contributed by atoms with van der Waals surface area (Å²) in [7, 11) is 0. The SMILES string of the molecule is C(#Cc1ccccn1)c1ccccc1.CC1=NN(c2ccc([N+](=O)[O-])cc2)C(=O)C1[N+](=O)[O-]. The van der Waals surface area contributed by atoms with Gasteiger partial charge in [0, 0.05) is 28.8 Å². The van der Waals surface area contributed by atoms with Crippen LogP contribution in [-0.4, -0.2) is 32.5 Å². The van der Waals surface area contributed by atoms with Gasteiger partial charge < -0.3 is 0 Å². The van der Waals surface area contributed by atoms with E-state index < -0.39 is 21.8 Å². The standard InChI is InChI=1S/C13H9N.C10H8N4O5/c1-2-6-12(7-3-1)9-10-13-8-4-5-11-14-13;1-6-9(14(18)19)10(15)12(11-6)7-2-4-8(5-3-7)13(16)17/h1-8,11H;2-5,9H,1H3. The van der Waals surface area contributed by atoms with E-state index in [9.17, 15) is 25.0 Å². The van der Waals surface area contributed by atoms with Gasteiger partial charge in [0.15, 0.2) is 0 Å². The Morgan fingerprint density at radius 2 is 1.58 bits per heavy atom. The monoisotopic (exact) mass is 443 g/mol. The topological polar surface area (TPSA) is 132 Å². The van der Waals surface area contributed by atoms with E-state index >= 15 is 0 Å². The van der Waals surface area contributed by atoms with Gasteiger partial charge in [-0.15, -0.1) is 0 Å². The molecule has 0 saturated heterocycles. The Labute approximate surface area is 188 Å². The summed E-state index contributed by atoms with van der Waals surface area (Å²) in [5, 5.41) is 25.9. The average Bonchev–Trinajstić information content (AvgIpc) is 3.13. The molecule has 164 valence electrons. The molecule has 0 spiro atoms. The van der Waals surface area contributed by atoms with Gasteiger partial charge in [0.05, 0.1) is 10.6 Å². The number of rotatable bonds is 3. The van der Waals surface area contributed by atoms with Gasteiger partial charge in [0.1, 0.15) is 11.4 Å². The zero-order chi connectivity index (χ0) is 23.8. The fourth-order valence-corrected chi connectivity index (χ4v) is 2.79. The summed E-state index contributed by atoms with van der Waals surface area (Å²) in [5.74, 6) is 5.27. The Balaban J connectivity index is 0.000000194. The van der Waals surface area contributed by atoms with E-state index in [4.69, 9.17) is 0 Å². The first-order chi connectivity index (χ1) is 15.9. The Morgan fingerprint density at radius 3 is 2.12 bits per heavy atom. The quantitative estimate of drug-likeness (QED) is 0.346. The number of nitro groups is 2. The third kappa shape index (κ3) is 5.83. The van der Waals surface area contributed by atoms with Crippen LogP contribution in [0.2, 0.25) is 0 Å². The summed E-state index contributed by atoms with van der Waals surface area (Å²) < 4.78 is 0. The van der Waals surface area contributed by atoms with Crippen molar-refractivity contribution in [3.8, 4) is 11.8 Å². The van der Waals surface area contributed by atoms with E-state index in [1.165, 1.54) is 31.2 Å². The van der Waals surface area contributed by atoms with Crippen LogP contribution in [0.1, 0.15) is 18.2 Å². The van der Waals surface area contributed by atoms with Crippen LogP contribution in [0.5, 0.6) is 0 Å². The number of carbonyl (C=O) groups is 1. The largest absolute Gasteiger partial charge is 0.331 e. The lowest BCUT2D eigenvalue weighted by molar-refractivity contribution is -0.488. The number of pyridine rings is 1. The normalized spacial score (nSPS) is 14.3. The molecule has 2 heterocycles. The number of hydrogen-bond donors (Lipinski definition) is 0. The van der Waals surface area contributed by atoms with Crippen LogP contribution >= 0.6 is 0 Å². The molecule has 0 radical (unpaired) electrons. The number of aromatic nitrogens is 1. The van der Waals surface area contributed by atoms with E-state index in [0.717, 1.165) is 16.3 Å². The van der Waals surface area contributed by atoms with Crippen molar-refractivity contribution in [3.63, 3.8) is 0 Å². The molecule has 0 bridgehead atoms. The Morgan fingerprint density at radius 1 is 0.909 bits per heavy atom. The Hall–Kier alpha value is -4.91. The minimum atomic E-state index is -1.49. The molecule has 1 aliphatic rings. The molecule has 1 amide bonds. The lowest BCUT2D eigenvalue weighted by Gasteiger charge is -2.10. The van der Waals surface area contributed by atoms with Crippen LogP contribution in [0.3, 0.4) is 0 Å². The number of benzene rings is 2. The smallest absolute Gasteiger partial charge is 0.264 e. The molecule has 0 aliphatic carbocycles. The molecule has 10 heteroatoms. The summed E-state index contributed by atoms with van der Waals surface area (Å²) in [5.41, 5.74) is 2.00. The fraction of sp³-hybridized carbons (Fsp3) is 0.0870. The van der Waals surface area contributed by atoms with E-state index in [2.05, 4.69) is 21.9 Å². The van der Waals surface area contributed by atoms with Gasteiger partial charge in [0.25, 0.3) is 5.69 Å². The summed E-state index contributed by atoms with van der Waals surface area (Å²) in [6.07, 6.45) is 1.75. The highest BCUT2D eigenvalue weighted by molar-refractivity contribution is 6.16. The number of carbonyl (C=O) groups excluding carboxylic acids is 1. The van der Waals surface area contributed by atoms with E-state index in [1.54, 1.807) is 6.20 Å². The molecule has 0 saturated carbocycles. The van der Waals surface area contributed by atoms with Gasteiger partial charge in [0.2, 0.25) is 0 Å². The average molecular weight is 443 g/mol. The predicted molar refractivity (Wildman–Crippen MR) is 121 cm³/mol. The van der Waals surface area contributed by atoms with Gasteiger partial charge in [-0.3, -0.25) is 25.0 Å². The maximum Gasteiger partial charge on any atom is 0.331 e.